The molecule has 1 amide bonds. The van der Waals surface area contributed by atoms with Gasteiger partial charge in [0.25, 0.3) is 0 Å². The molecule has 1 saturated carbocycles. The number of pyridine rings is 1. The second-order valence-electron chi connectivity index (χ2n) is 7.08. The molecular weight excluding hydrogens is 477 g/mol. The molecule has 2 fully saturated rings. The molecule has 1 aliphatic heterocycles. The van der Waals surface area contributed by atoms with Crippen LogP contribution in [0.5, 0.6) is 0 Å². The Kier molecular flexibility index (Phi) is 9.08. The summed E-state index contributed by atoms with van der Waals surface area (Å²) >= 11 is 5.82. The standard InChI is InChI=1S/C19H28ClN5O.HI/c1-2-21-19(23-12-14-7-8-17(20)22-11-14)24-16-9-10-25(13-16)18(26)15-5-3-4-6-15;/h7-8,11,15-16H,2-6,9-10,12-13H2,1H3,(H2,21,23,24);1H. The number of carbonyl (C=O) groups is 1. The molecule has 2 N–H and O–H groups in total. The number of rotatable bonds is 5. The van der Waals surface area contributed by atoms with Crippen molar-refractivity contribution in [2.24, 2.45) is 10.9 Å². The van der Waals surface area contributed by atoms with Crippen LogP contribution in [0.15, 0.2) is 23.3 Å². The van der Waals surface area contributed by atoms with Gasteiger partial charge < -0.3 is 15.5 Å². The van der Waals surface area contributed by atoms with Crippen molar-refractivity contribution < 1.29 is 4.79 Å². The number of likely N-dealkylation sites (tertiary alicyclic amines) is 1. The van der Waals surface area contributed by atoms with Crippen molar-refractivity contribution in [3.8, 4) is 0 Å². The van der Waals surface area contributed by atoms with Crippen molar-refractivity contribution in [1.29, 1.82) is 0 Å². The molecule has 1 unspecified atom stereocenters. The Morgan fingerprint density at radius 3 is 2.78 bits per heavy atom. The maximum atomic E-state index is 12.6. The van der Waals surface area contributed by atoms with Gasteiger partial charge in [-0.15, -0.1) is 24.0 Å². The molecule has 2 aliphatic rings. The minimum atomic E-state index is 0. The SMILES string of the molecule is CCNC(=NCc1ccc(Cl)nc1)NC1CCN(C(=O)C2CCCC2)C1.I. The summed E-state index contributed by atoms with van der Waals surface area (Å²) in [5, 5.41) is 7.24. The minimum absolute atomic E-state index is 0. The first-order chi connectivity index (χ1) is 12.7. The number of guanidine groups is 1. The third-order valence-electron chi connectivity index (χ3n) is 5.10. The molecule has 1 saturated heterocycles. The molecular formula is C19H29ClIN5O. The summed E-state index contributed by atoms with van der Waals surface area (Å²) in [6.07, 6.45) is 7.23. The Morgan fingerprint density at radius 2 is 2.11 bits per heavy atom. The van der Waals surface area contributed by atoms with Crippen LogP contribution in [0.4, 0.5) is 0 Å². The van der Waals surface area contributed by atoms with Gasteiger partial charge in [0.1, 0.15) is 5.15 Å². The Balaban J connectivity index is 0.00000261. The smallest absolute Gasteiger partial charge is 0.225 e. The van der Waals surface area contributed by atoms with Gasteiger partial charge in [-0.25, -0.2) is 9.98 Å². The summed E-state index contributed by atoms with van der Waals surface area (Å²) in [4.78, 5) is 23.3. The molecule has 2 heterocycles. The highest BCUT2D eigenvalue weighted by Gasteiger charge is 2.32. The lowest BCUT2D eigenvalue weighted by Gasteiger charge is -2.21. The Labute approximate surface area is 183 Å². The van der Waals surface area contributed by atoms with E-state index in [1.54, 1.807) is 12.3 Å². The number of nitrogens with one attached hydrogen (secondary N) is 2. The highest BCUT2D eigenvalue weighted by Crippen LogP contribution is 2.27. The van der Waals surface area contributed by atoms with Gasteiger partial charge in [0.05, 0.1) is 6.54 Å². The van der Waals surface area contributed by atoms with Gasteiger partial charge in [0.15, 0.2) is 5.96 Å². The van der Waals surface area contributed by atoms with Crippen LogP contribution in [0.2, 0.25) is 5.15 Å². The van der Waals surface area contributed by atoms with Crippen LogP contribution in [0.25, 0.3) is 0 Å². The maximum Gasteiger partial charge on any atom is 0.225 e. The van der Waals surface area contributed by atoms with E-state index < -0.39 is 0 Å². The molecule has 1 aromatic rings. The van der Waals surface area contributed by atoms with Gasteiger partial charge in [0.2, 0.25) is 5.91 Å². The number of amides is 1. The van der Waals surface area contributed by atoms with Crippen molar-refractivity contribution in [1.82, 2.24) is 20.5 Å². The molecule has 0 bridgehead atoms. The zero-order valence-corrected chi connectivity index (χ0v) is 18.9. The lowest BCUT2D eigenvalue weighted by atomic mass is 10.1. The zero-order chi connectivity index (χ0) is 18.4. The van der Waals surface area contributed by atoms with Crippen molar-refractivity contribution in [2.45, 2.75) is 51.6 Å². The summed E-state index contributed by atoms with van der Waals surface area (Å²) in [7, 11) is 0. The van der Waals surface area contributed by atoms with E-state index in [0.29, 0.717) is 17.6 Å². The number of carbonyl (C=O) groups excluding carboxylic acids is 1. The van der Waals surface area contributed by atoms with Gasteiger partial charge in [-0.2, -0.15) is 0 Å². The maximum absolute atomic E-state index is 12.6. The highest BCUT2D eigenvalue weighted by molar-refractivity contribution is 14.0. The first kappa shape index (κ1) is 22.2. The number of halogens is 2. The fourth-order valence-electron chi connectivity index (χ4n) is 3.69. The molecule has 150 valence electrons. The lowest BCUT2D eigenvalue weighted by molar-refractivity contribution is -0.134. The first-order valence-electron chi connectivity index (χ1n) is 9.59. The van der Waals surface area contributed by atoms with Crippen LogP contribution >= 0.6 is 35.6 Å². The third kappa shape index (κ3) is 6.48. The van der Waals surface area contributed by atoms with E-state index in [4.69, 9.17) is 11.6 Å². The van der Waals surface area contributed by atoms with E-state index in [0.717, 1.165) is 50.4 Å². The zero-order valence-electron chi connectivity index (χ0n) is 15.8. The van der Waals surface area contributed by atoms with Crippen LogP contribution < -0.4 is 10.6 Å². The summed E-state index contributed by atoms with van der Waals surface area (Å²) in [5.41, 5.74) is 1.01. The fraction of sp³-hybridized carbons (Fsp3) is 0.632. The highest BCUT2D eigenvalue weighted by atomic mass is 127. The molecule has 8 heteroatoms. The van der Waals surface area contributed by atoms with Gasteiger partial charge in [-0.1, -0.05) is 30.5 Å². The Hall–Kier alpha value is -1.09. The molecule has 0 aromatic carbocycles. The average molecular weight is 506 g/mol. The molecule has 27 heavy (non-hydrogen) atoms. The molecule has 3 rings (SSSR count). The lowest BCUT2D eigenvalue weighted by Crippen LogP contribution is -2.45. The number of hydrogen-bond acceptors (Lipinski definition) is 3. The van der Waals surface area contributed by atoms with E-state index in [2.05, 4.69) is 20.6 Å². The normalized spacial score (nSPS) is 20.4. The number of aliphatic imine (C=N–C) groups is 1. The van der Waals surface area contributed by atoms with Crippen LogP contribution in [-0.4, -0.2) is 47.4 Å². The van der Waals surface area contributed by atoms with Gasteiger partial charge >= 0.3 is 0 Å². The second kappa shape index (κ2) is 11.0. The quantitative estimate of drug-likeness (QED) is 0.279. The van der Waals surface area contributed by atoms with E-state index in [9.17, 15) is 4.79 Å². The topological polar surface area (TPSA) is 69.6 Å². The monoisotopic (exact) mass is 505 g/mol. The molecule has 1 atom stereocenters. The number of hydrogen-bond donors (Lipinski definition) is 2. The van der Waals surface area contributed by atoms with Crippen molar-refractivity contribution in [3.63, 3.8) is 0 Å². The van der Waals surface area contributed by atoms with Gasteiger partial charge in [-0.3, -0.25) is 4.79 Å². The molecule has 1 aliphatic carbocycles. The van der Waals surface area contributed by atoms with Crippen LogP contribution in [0, 0.1) is 5.92 Å². The van der Waals surface area contributed by atoms with E-state index in [1.807, 2.05) is 17.9 Å². The van der Waals surface area contributed by atoms with Crippen molar-refractivity contribution in [3.05, 3.63) is 29.0 Å². The predicted molar refractivity (Wildman–Crippen MR) is 120 cm³/mol. The summed E-state index contributed by atoms with van der Waals surface area (Å²) in [6, 6.07) is 3.96. The van der Waals surface area contributed by atoms with E-state index >= 15 is 0 Å². The minimum Gasteiger partial charge on any atom is -0.357 e. The van der Waals surface area contributed by atoms with Crippen LogP contribution in [0.1, 0.15) is 44.6 Å². The van der Waals surface area contributed by atoms with Crippen LogP contribution in [0.3, 0.4) is 0 Å². The van der Waals surface area contributed by atoms with E-state index in [-0.39, 0.29) is 35.9 Å². The van der Waals surface area contributed by atoms with Gasteiger partial charge in [0, 0.05) is 37.8 Å². The molecule has 0 radical (unpaired) electrons. The average Bonchev–Trinajstić information content (AvgIpc) is 3.33. The molecule has 6 nitrogen and oxygen atoms in total. The Bertz CT molecular complexity index is 633. The number of aromatic nitrogens is 1. The Morgan fingerprint density at radius 1 is 1.33 bits per heavy atom. The summed E-state index contributed by atoms with van der Waals surface area (Å²) < 4.78 is 0. The predicted octanol–water partition coefficient (Wildman–Crippen LogP) is 3.20. The third-order valence-corrected chi connectivity index (χ3v) is 5.32. The molecule has 1 aromatic heterocycles. The van der Waals surface area contributed by atoms with Crippen molar-refractivity contribution >= 4 is 47.4 Å². The summed E-state index contributed by atoms with van der Waals surface area (Å²) in [6.45, 7) is 4.99. The molecule has 0 spiro atoms. The van der Waals surface area contributed by atoms with Gasteiger partial charge in [-0.05, 0) is 37.8 Å². The number of nitrogens with zero attached hydrogens (tertiary/aromatic N) is 3. The first-order valence-corrected chi connectivity index (χ1v) is 9.97. The largest absolute Gasteiger partial charge is 0.357 e. The second-order valence-corrected chi connectivity index (χ2v) is 7.47. The van der Waals surface area contributed by atoms with E-state index in [1.165, 1.54) is 12.8 Å². The summed E-state index contributed by atoms with van der Waals surface area (Å²) in [5.74, 6) is 1.39. The van der Waals surface area contributed by atoms with Crippen molar-refractivity contribution in [2.75, 3.05) is 19.6 Å². The fourth-order valence-corrected chi connectivity index (χ4v) is 3.80. The van der Waals surface area contributed by atoms with Crippen LogP contribution in [-0.2, 0) is 11.3 Å².